The van der Waals surface area contributed by atoms with Gasteiger partial charge in [0.2, 0.25) is 5.28 Å². The first-order valence-electron chi connectivity index (χ1n) is 5.21. The van der Waals surface area contributed by atoms with Gasteiger partial charge in [0.05, 0.1) is 4.92 Å². The number of anilines is 1. The molecule has 0 spiro atoms. The molecule has 1 aromatic heterocycles. The van der Waals surface area contributed by atoms with Crippen molar-refractivity contribution in [2.45, 2.75) is 0 Å². The number of nitro groups is 1. The predicted octanol–water partition coefficient (Wildman–Crippen LogP) is 2.94. The van der Waals surface area contributed by atoms with E-state index in [9.17, 15) is 14.9 Å². The van der Waals surface area contributed by atoms with Crippen LogP contribution >= 0.6 is 23.2 Å². The number of aromatic nitrogens is 2. The maximum absolute atomic E-state index is 12.0. The van der Waals surface area contributed by atoms with Gasteiger partial charge in [0.25, 0.3) is 11.6 Å². The van der Waals surface area contributed by atoms with Gasteiger partial charge in [-0.15, -0.1) is 0 Å². The van der Waals surface area contributed by atoms with Crippen molar-refractivity contribution in [1.82, 2.24) is 9.97 Å². The Labute approximate surface area is 122 Å². The highest BCUT2D eigenvalue weighted by Crippen LogP contribution is 2.23. The van der Waals surface area contributed by atoms with E-state index in [0.717, 1.165) is 6.07 Å². The molecule has 102 valence electrons. The lowest BCUT2D eigenvalue weighted by atomic mass is 10.1. The standard InChI is InChI=1S/C11H6Cl2N4O3/c12-6-1-2-8(17(19)20)7(5-6)10(18)15-9-3-4-14-11(13)16-9/h1-5H,(H,14,15,16,18). The van der Waals surface area contributed by atoms with Gasteiger partial charge in [0, 0.05) is 17.3 Å². The topological polar surface area (TPSA) is 98.0 Å². The number of amides is 1. The molecule has 2 aromatic rings. The van der Waals surface area contributed by atoms with Gasteiger partial charge in [0.1, 0.15) is 11.4 Å². The number of halogens is 2. The van der Waals surface area contributed by atoms with Crippen LogP contribution < -0.4 is 5.32 Å². The Morgan fingerprint density at radius 3 is 2.70 bits per heavy atom. The van der Waals surface area contributed by atoms with Crippen LogP contribution in [0.1, 0.15) is 10.4 Å². The van der Waals surface area contributed by atoms with E-state index in [1.54, 1.807) is 0 Å². The Balaban J connectivity index is 2.34. The maximum Gasteiger partial charge on any atom is 0.282 e. The number of carbonyl (C=O) groups excluding carboxylic acids is 1. The second-order valence-electron chi connectivity index (χ2n) is 3.58. The van der Waals surface area contributed by atoms with E-state index in [4.69, 9.17) is 23.2 Å². The largest absolute Gasteiger partial charge is 0.306 e. The van der Waals surface area contributed by atoms with Crippen molar-refractivity contribution in [3.8, 4) is 0 Å². The first-order valence-corrected chi connectivity index (χ1v) is 5.97. The SMILES string of the molecule is O=C(Nc1ccnc(Cl)n1)c1cc(Cl)ccc1[N+](=O)[O-]. The Bertz CT molecular complexity index is 693. The average Bonchev–Trinajstić information content (AvgIpc) is 2.38. The molecule has 1 N–H and O–H groups in total. The van der Waals surface area contributed by atoms with E-state index < -0.39 is 10.8 Å². The Kier molecular flexibility index (Phi) is 4.11. The van der Waals surface area contributed by atoms with Gasteiger partial charge in [-0.3, -0.25) is 14.9 Å². The van der Waals surface area contributed by atoms with Crippen LogP contribution in [0.4, 0.5) is 11.5 Å². The van der Waals surface area contributed by atoms with Crippen molar-refractivity contribution in [3.63, 3.8) is 0 Å². The molecule has 0 saturated heterocycles. The van der Waals surface area contributed by atoms with Crippen LogP contribution in [0, 0.1) is 10.1 Å². The lowest BCUT2D eigenvalue weighted by Crippen LogP contribution is -2.15. The molecule has 1 heterocycles. The zero-order valence-electron chi connectivity index (χ0n) is 9.71. The minimum atomic E-state index is -0.714. The van der Waals surface area contributed by atoms with Crippen LogP contribution in [0.25, 0.3) is 0 Å². The van der Waals surface area contributed by atoms with Gasteiger partial charge in [-0.2, -0.15) is 0 Å². The normalized spacial score (nSPS) is 10.1. The lowest BCUT2D eigenvalue weighted by Gasteiger charge is -2.05. The molecular formula is C11H6Cl2N4O3. The lowest BCUT2D eigenvalue weighted by molar-refractivity contribution is -0.385. The van der Waals surface area contributed by atoms with E-state index >= 15 is 0 Å². The third-order valence-electron chi connectivity index (χ3n) is 2.27. The summed E-state index contributed by atoms with van der Waals surface area (Å²) in [6.45, 7) is 0. The molecule has 0 aliphatic heterocycles. The number of carbonyl (C=O) groups is 1. The van der Waals surface area contributed by atoms with Gasteiger partial charge in [-0.05, 0) is 29.8 Å². The highest BCUT2D eigenvalue weighted by Gasteiger charge is 2.20. The van der Waals surface area contributed by atoms with Crippen LogP contribution in [0.2, 0.25) is 10.3 Å². The van der Waals surface area contributed by atoms with Crippen molar-refractivity contribution in [2.24, 2.45) is 0 Å². The van der Waals surface area contributed by atoms with Crippen molar-refractivity contribution in [2.75, 3.05) is 5.32 Å². The third-order valence-corrected chi connectivity index (χ3v) is 2.68. The Morgan fingerprint density at radius 1 is 1.30 bits per heavy atom. The van der Waals surface area contributed by atoms with Gasteiger partial charge < -0.3 is 5.32 Å². The second kappa shape index (κ2) is 5.81. The molecule has 20 heavy (non-hydrogen) atoms. The second-order valence-corrected chi connectivity index (χ2v) is 4.36. The fraction of sp³-hybridized carbons (Fsp3) is 0. The molecule has 7 nitrogen and oxygen atoms in total. The quantitative estimate of drug-likeness (QED) is 0.533. The minimum absolute atomic E-state index is 0.0524. The highest BCUT2D eigenvalue weighted by atomic mass is 35.5. The van der Waals surface area contributed by atoms with E-state index in [-0.39, 0.29) is 27.4 Å². The molecule has 1 aromatic carbocycles. The van der Waals surface area contributed by atoms with E-state index in [1.165, 1.54) is 24.4 Å². The molecule has 1 amide bonds. The number of hydrogen-bond donors (Lipinski definition) is 1. The molecule has 9 heteroatoms. The Morgan fingerprint density at radius 2 is 2.05 bits per heavy atom. The zero-order valence-corrected chi connectivity index (χ0v) is 11.2. The van der Waals surface area contributed by atoms with Crippen LogP contribution in [-0.4, -0.2) is 20.8 Å². The van der Waals surface area contributed by atoms with E-state index in [0.29, 0.717) is 0 Å². The molecular weight excluding hydrogens is 307 g/mol. The molecule has 0 fully saturated rings. The molecule has 0 aliphatic carbocycles. The molecule has 0 unspecified atom stereocenters. The monoisotopic (exact) mass is 312 g/mol. The summed E-state index contributed by atoms with van der Waals surface area (Å²) < 4.78 is 0. The van der Waals surface area contributed by atoms with E-state index in [2.05, 4.69) is 15.3 Å². The molecule has 2 rings (SSSR count). The van der Waals surface area contributed by atoms with E-state index in [1.807, 2.05) is 0 Å². The highest BCUT2D eigenvalue weighted by molar-refractivity contribution is 6.31. The number of hydrogen-bond acceptors (Lipinski definition) is 5. The summed E-state index contributed by atoms with van der Waals surface area (Å²) in [4.78, 5) is 29.6. The van der Waals surface area contributed by atoms with Gasteiger partial charge in [-0.1, -0.05) is 11.6 Å². The molecule has 0 radical (unpaired) electrons. The summed E-state index contributed by atoms with van der Waals surface area (Å²) in [5, 5.41) is 13.4. The summed E-state index contributed by atoms with van der Waals surface area (Å²) in [5.74, 6) is -0.585. The number of nitro benzene ring substituents is 1. The minimum Gasteiger partial charge on any atom is -0.306 e. The molecule has 0 bridgehead atoms. The molecule has 0 atom stereocenters. The first-order chi connectivity index (χ1) is 9.47. The smallest absolute Gasteiger partial charge is 0.282 e. The van der Waals surface area contributed by atoms with Gasteiger partial charge in [0.15, 0.2) is 0 Å². The molecule has 0 saturated carbocycles. The Hall–Kier alpha value is -2.25. The van der Waals surface area contributed by atoms with Crippen molar-refractivity contribution in [3.05, 3.63) is 56.4 Å². The number of rotatable bonds is 3. The van der Waals surface area contributed by atoms with Crippen LogP contribution in [0.3, 0.4) is 0 Å². The molecule has 0 aliphatic rings. The summed E-state index contributed by atoms with van der Waals surface area (Å²) in [5.41, 5.74) is -0.524. The zero-order chi connectivity index (χ0) is 14.7. The van der Waals surface area contributed by atoms with Crippen LogP contribution in [-0.2, 0) is 0 Å². The van der Waals surface area contributed by atoms with Crippen LogP contribution in [0.5, 0.6) is 0 Å². The van der Waals surface area contributed by atoms with Crippen molar-refractivity contribution in [1.29, 1.82) is 0 Å². The number of nitrogens with zero attached hydrogens (tertiary/aromatic N) is 3. The fourth-order valence-corrected chi connectivity index (χ4v) is 1.76. The van der Waals surface area contributed by atoms with Crippen molar-refractivity contribution >= 4 is 40.6 Å². The first kappa shape index (κ1) is 14.2. The number of nitrogens with one attached hydrogen (secondary N) is 1. The maximum atomic E-state index is 12.0. The average molecular weight is 313 g/mol. The summed E-state index contributed by atoms with van der Waals surface area (Å²) in [7, 11) is 0. The van der Waals surface area contributed by atoms with Gasteiger partial charge in [-0.25, -0.2) is 9.97 Å². The van der Waals surface area contributed by atoms with Crippen molar-refractivity contribution < 1.29 is 9.72 Å². The fourth-order valence-electron chi connectivity index (χ4n) is 1.44. The summed E-state index contributed by atoms with van der Waals surface area (Å²) in [6, 6.07) is 5.10. The summed E-state index contributed by atoms with van der Waals surface area (Å²) in [6.07, 6.45) is 1.34. The van der Waals surface area contributed by atoms with Gasteiger partial charge >= 0.3 is 0 Å². The number of benzene rings is 1. The predicted molar refractivity (Wildman–Crippen MR) is 73.1 cm³/mol. The third kappa shape index (κ3) is 3.19. The summed E-state index contributed by atoms with van der Waals surface area (Å²) >= 11 is 11.3. The van der Waals surface area contributed by atoms with Crippen LogP contribution in [0.15, 0.2) is 30.5 Å².